The predicted molar refractivity (Wildman–Crippen MR) is 102 cm³/mol. The molecule has 2 heterocycles. The van der Waals surface area contributed by atoms with E-state index < -0.39 is 17.7 Å². The van der Waals surface area contributed by atoms with E-state index in [2.05, 4.69) is 0 Å². The molecule has 27 heavy (non-hydrogen) atoms. The molecule has 6 nitrogen and oxygen atoms in total. The van der Waals surface area contributed by atoms with Crippen LogP contribution in [0.3, 0.4) is 0 Å². The monoisotopic (exact) mass is 387 g/mol. The molecule has 2 aromatic rings. The van der Waals surface area contributed by atoms with Crippen LogP contribution < -0.4 is 4.74 Å². The van der Waals surface area contributed by atoms with Crippen molar-refractivity contribution >= 4 is 23.0 Å². The van der Waals surface area contributed by atoms with E-state index in [4.69, 9.17) is 9.47 Å². The SMILES string of the molecule is CCOc1cccc(C2C(C(=O)c3cccs3)=C(O)C(=O)N2CCOC)c1. The van der Waals surface area contributed by atoms with Crippen molar-refractivity contribution in [2.75, 3.05) is 26.9 Å². The number of carbonyl (C=O) groups is 2. The molecule has 0 aliphatic carbocycles. The number of amides is 1. The summed E-state index contributed by atoms with van der Waals surface area (Å²) in [5, 5.41) is 12.3. The summed E-state index contributed by atoms with van der Waals surface area (Å²) < 4.78 is 10.7. The summed E-state index contributed by atoms with van der Waals surface area (Å²) >= 11 is 1.27. The van der Waals surface area contributed by atoms with Crippen LogP contribution in [0.25, 0.3) is 0 Å². The lowest BCUT2D eigenvalue weighted by molar-refractivity contribution is -0.130. The van der Waals surface area contributed by atoms with E-state index in [1.807, 2.05) is 25.1 Å². The number of aliphatic hydroxyl groups excluding tert-OH is 1. The molecule has 7 heteroatoms. The first-order valence-corrected chi connectivity index (χ1v) is 9.50. The van der Waals surface area contributed by atoms with Crippen molar-refractivity contribution in [1.82, 2.24) is 4.90 Å². The Morgan fingerprint density at radius 1 is 1.30 bits per heavy atom. The molecular formula is C20H21NO5S. The molecule has 1 amide bonds. The summed E-state index contributed by atoms with van der Waals surface area (Å²) in [6.45, 7) is 2.93. The van der Waals surface area contributed by atoms with Crippen LogP contribution in [-0.2, 0) is 9.53 Å². The Bertz CT molecular complexity index is 859. The highest BCUT2D eigenvalue weighted by atomic mass is 32.1. The van der Waals surface area contributed by atoms with Crippen molar-refractivity contribution in [1.29, 1.82) is 0 Å². The van der Waals surface area contributed by atoms with E-state index in [9.17, 15) is 14.7 Å². The molecule has 0 saturated heterocycles. The number of rotatable bonds is 8. The molecule has 1 aromatic carbocycles. The summed E-state index contributed by atoms with van der Waals surface area (Å²) in [5.41, 5.74) is 0.793. The second-order valence-corrected chi connectivity index (χ2v) is 6.92. The zero-order valence-electron chi connectivity index (χ0n) is 15.2. The average molecular weight is 387 g/mol. The highest BCUT2D eigenvalue weighted by molar-refractivity contribution is 7.12. The lowest BCUT2D eigenvalue weighted by atomic mass is 9.95. The molecule has 0 bridgehead atoms. The van der Waals surface area contributed by atoms with Crippen LogP contribution in [0.5, 0.6) is 5.75 Å². The number of thiophene rings is 1. The molecular weight excluding hydrogens is 366 g/mol. The van der Waals surface area contributed by atoms with Crippen molar-refractivity contribution in [2.45, 2.75) is 13.0 Å². The zero-order chi connectivity index (χ0) is 19.4. The van der Waals surface area contributed by atoms with Crippen molar-refractivity contribution in [3.05, 3.63) is 63.6 Å². The van der Waals surface area contributed by atoms with Crippen molar-refractivity contribution in [3.63, 3.8) is 0 Å². The quantitative estimate of drug-likeness (QED) is 0.703. The van der Waals surface area contributed by atoms with Crippen LogP contribution in [0.2, 0.25) is 0 Å². The molecule has 1 aliphatic heterocycles. The minimum absolute atomic E-state index is 0.0900. The Balaban J connectivity index is 2.06. The van der Waals surface area contributed by atoms with Gasteiger partial charge in [-0.05, 0) is 36.1 Å². The summed E-state index contributed by atoms with van der Waals surface area (Å²) in [6, 6.07) is 9.99. The topological polar surface area (TPSA) is 76.1 Å². The first kappa shape index (κ1) is 19.1. The van der Waals surface area contributed by atoms with Gasteiger partial charge in [0, 0.05) is 13.7 Å². The molecule has 1 N–H and O–H groups in total. The van der Waals surface area contributed by atoms with Gasteiger partial charge in [-0.3, -0.25) is 9.59 Å². The number of benzene rings is 1. The summed E-state index contributed by atoms with van der Waals surface area (Å²) in [5.74, 6) is -0.777. The first-order valence-electron chi connectivity index (χ1n) is 8.62. The maximum atomic E-state index is 13.0. The van der Waals surface area contributed by atoms with E-state index in [1.54, 1.807) is 23.6 Å². The third kappa shape index (κ3) is 3.74. The van der Waals surface area contributed by atoms with E-state index in [0.29, 0.717) is 29.4 Å². The normalized spacial score (nSPS) is 16.9. The fourth-order valence-corrected chi connectivity index (χ4v) is 3.81. The Morgan fingerprint density at radius 3 is 2.78 bits per heavy atom. The van der Waals surface area contributed by atoms with Crippen LogP contribution >= 0.6 is 11.3 Å². The summed E-state index contributed by atoms with van der Waals surface area (Å²) in [4.78, 5) is 27.6. The van der Waals surface area contributed by atoms with Gasteiger partial charge < -0.3 is 19.5 Å². The van der Waals surface area contributed by atoms with E-state index >= 15 is 0 Å². The molecule has 0 radical (unpaired) electrons. The van der Waals surface area contributed by atoms with Crippen molar-refractivity contribution in [3.8, 4) is 5.75 Å². The van der Waals surface area contributed by atoms with Gasteiger partial charge >= 0.3 is 0 Å². The number of ketones is 1. The third-order valence-corrected chi connectivity index (χ3v) is 5.18. The molecule has 1 atom stereocenters. The molecule has 3 rings (SSSR count). The second kappa shape index (κ2) is 8.37. The molecule has 1 unspecified atom stereocenters. The molecule has 142 valence electrons. The Kier molecular flexibility index (Phi) is 5.93. The zero-order valence-corrected chi connectivity index (χ0v) is 16.0. The number of carbonyl (C=O) groups excluding carboxylic acids is 2. The van der Waals surface area contributed by atoms with Gasteiger partial charge in [0.05, 0.1) is 29.7 Å². The van der Waals surface area contributed by atoms with Crippen LogP contribution in [-0.4, -0.2) is 48.6 Å². The van der Waals surface area contributed by atoms with Gasteiger partial charge in [-0.15, -0.1) is 11.3 Å². The van der Waals surface area contributed by atoms with Crippen molar-refractivity contribution < 1.29 is 24.2 Å². The van der Waals surface area contributed by atoms with Gasteiger partial charge in [-0.25, -0.2) is 0 Å². The number of methoxy groups -OCH3 is 1. The van der Waals surface area contributed by atoms with Gasteiger partial charge in [-0.2, -0.15) is 0 Å². The molecule has 1 aromatic heterocycles. The Labute approximate surface area is 161 Å². The molecule has 0 spiro atoms. The number of hydrogen-bond acceptors (Lipinski definition) is 6. The highest BCUT2D eigenvalue weighted by Crippen LogP contribution is 2.40. The molecule has 0 fully saturated rings. The third-order valence-electron chi connectivity index (χ3n) is 4.31. The standard InChI is InChI=1S/C20H21NO5S/c1-3-26-14-7-4-6-13(12-14)17-16(18(22)15-8-5-11-27-15)19(23)20(24)21(17)9-10-25-2/h4-8,11-12,17,23H,3,9-10H2,1-2H3. The van der Waals surface area contributed by atoms with E-state index in [-0.39, 0.29) is 17.9 Å². The second-order valence-electron chi connectivity index (χ2n) is 5.97. The highest BCUT2D eigenvalue weighted by Gasteiger charge is 2.43. The summed E-state index contributed by atoms with van der Waals surface area (Å²) in [7, 11) is 1.54. The number of hydrogen-bond donors (Lipinski definition) is 1. The van der Waals surface area contributed by atoms with Gasteiger partial charge in [0.1, 0.15) is 5.75 Å². The minimum atomic E-state index is -0.692. The number of ether oxygens (including phenoxy) is 2. The number of aliphatic hydroxyl groups is 1. The van der Waals surface area contributed by atoms with Gasteiger partial charge in [0.15, 0.2) is 5.76 Å². The van der Waals surface area contributed by atoms with Crippen LogP contribution in [0, 0.1) is 0 Å². The fraction of sp³-hybridized carbons (Fsp3) is 0.300. The van der Waals surface area contributed by atoms with Gasteiger partial charge in [0.2, 0.25) is 5.78 Å². The Hall–Kier alpha value is -2.64. The minimum Gasteiger partial charge on any atom is -0.503 e. The average Bonchev–Trinajstić information content (AvgIpc) is 3.28. The molecule has 0 saturated carbocycles. The van der Waals surface area contributed by atoms with Crippen LogP contribution in [0.4, 0.5) is 0 Å². The smallest absolute Gasteiger partial charge is 0.290 e. The Morgan fingerprint density at radius 2 is 2.11 bits per heavy atom. The largest absolute Gasteiger partial charge is 0.503 e. The van der Waals surface area contributed by atoms with E-state index in [0.717, 1.165) is 0 Å². The van der Waals surface area contributed by atoms with Gasteiger partial charge in [-0.1, -0.05) is 18.2 Å². The lowest BCUT2D eigenvalue weighted by Gasteiger charge is -2.26. The maximum Gasteiger partial charge on any atom is 0.290 e. The van der Waals surface area contributed by atoms with Crippen LogP contribution in [0.1, 0.15) is 28.2 Å². The van der Waals surface area contributed by atoms with E-state index in [1.165, 1.54) is 23.3 Å². The number of nitrogens with zero attached hydrogens (tertiary/aromatic N) is 1. The van der Waals surface area contributed by atoms with Crippen LogP contribution in [0.15, 0.2) is 53.1 Å². The maximum absolute atomic E-state index is 13.0. The summed E-state index contributed by atoms with van der Waals surface area (Å²) in [6.07, 6.45) is 0. The van der Waals surface area contributed by atoms with Crippen molar-refractivity contribution in [2.24, 2.45) is 0 Å². The molecule has 1 aliphatic rings. The fourth-order valence-electron chi connectivity index (χ4n) is 3.13. The van der Waals surface area contributed by atoms with Gasteiger partial charge in [0.25, 0.3) is 5.91 Å². The number of Topliss-reactive ketones (excluding diaryl/α,β-unsaturated/α-hetero) is 1. The first-order chi connectivity index (χ1) is 13.1. The predicted octanol–water partition coefficient (Wildman–Crippen LogP) is 3.37. The lowest BCUT2D eigenvalue weighted by Crippen LogP contribution is -2.34.